The third-order valence-electron chi connectivity index (χ3n) is 9.93. The summed E-state index contributed by atoms with van der Waals surface area (Å²) < 4.78 is 6.62. The Labute approximate surface area is 252 Å². The van der Waals surface area contributed by atoms with Crippen LogP contribution in [0.25, 0.3) is 0 Å². The second-order valence-corrected chi connectivity index (χ2v) is 14.4. The number of hydrogen-bond donors (Lipinski definition) is 0. The van der Waals surface area contributed by atoms with Gasteiger partial charge < -0.3 is 4.74 Å². The van der Waals surface area contributed by atoms with Gasteiger partial charge in [-0.15, -0.1) is 0 Å². The van der Waals surface area contributed by atoms with Gasteiger partial charge in [0.05, 0.1) is 11.0 Å². The van der Waals surface area contributed by atoms with Crippen LogP contribution in [0.4, 0.5) is 0 Å². The molecule has 1 saturated carbocycles. The molecule has 1 aromatic carbocycles. The van der Waals surface area contributed by atoms with Crippen molar-refractivity contribution in [3.63, 3.8) is 0 Å². The molecule has 4 heteroatoms. The van der Waals surface area contributed by atoms with E-state index >= 15 is 9.59 Å². The molecule has 0 saturated heterocycles. The highest BCUT2D eigenvalue weighted by atomic mass is 16.5. The van der Waals surface area contributed by atoms with E-state index < -0.39 is 21.8 Å². The predicted molar refractivity (Wildman–Crippen MR) is 170 cm³/mol. The molecule has 1 aromatic rings. The van der Waals surface area contributed by atoms with Crippen LogP contribution >= 0.6 is 0 Å². The molecule has 0 amide bonds. The average Bonchev–Trinajstić information content (AvgIpc) is 2.90. The molecule has 3 aliphatic rings. The van der Waals surface area contributed by atoms with Crippen LogP contribution in [-0.2, 0) is 14.3 Å². The van der Waals surface area contributed by atoms with E-state index in [1.165, 1.54) is 5.57 Å². The fourth-order valence-corrected chi connectivity index (χ4v) is 7.33. The highest BCUT2D eigenvalue weighted by molar-refractivity contribution is 6.30. The Balaban J connectivity index is 2.09. The van der Waals surface area contributed by atoms with Crippen LogP contribution in [-0.4, -0.2) is 23.0 Å². The van der Waals surface area contributed by atoms with Crippen molar-refractivity contribution in [1.29, 1.82) is 0 Å². The SMILES string of the molecule is C=C(C)C(CC=C(C)C)CC12CC(CC=C(C)C)C(C)(C)C(C(=O)c3ccccc3)(C1=O)C1=C(C=CC(C)(C)O1)C2=O. The number of hydrogen-bond acceptors (Lipinski definition) is 4. The fraction of sp³-hybridized carbons (Fsp3) is 0.500. The van der Waals surface area contributed by atoms with Crippen LogP contribution < -0.4 is 0 Å². The first kappa shape index (κ1) is 31.7. The number of rotatable bonds is 9. The largest absolute Gasteiger partial charge is 0.486 e. The quantitative estimate of drug-likeness (QED) is 0.169. The van der Waals surface area contributed by atoms with Crippen molar-refractivity contribution in [2.24, 2.45) is 28.1 Å². The van der Waals surface area contributed by atoms with Gasteiger partial charge in [0, 0.05) is 5.56 Å². The van der Waals surface area contributed by atoms with Crippen LogP contribution in [0.1, 0.15) is 98.4 Å². The molecular formula is C38H48O4. The van der Waals surface area contributed by atoms with E-state index in [1.807, 2.05) is 65.0 Å². The van der Waals surface area contributed by atoms with E-state index in [-0.39, 0.29) is 34.9 Å². The van der Waals surface area contributed by atoms with E-state index in [4.69, 9.17) is 4.74 Å². The molecular weight excluding hydrogens is 520 g/mol. The lowest BCUT2D eigenvalue weighted by Gasteiger charge is -2.61. The first-order chi connectivity index (χ1) is 19.5. The number of fused-ring (bicyclic) bond motifs is 3. The molecule has 4 atom stereocenters. The smallest absolute Gasteiger partial charge is 0.184 e. The van der Waals surface area contributed by atoms with Crippen LogP contribution in [0.2, 0.25) is 0 Å². The number of benzene rings is 1. The van der Waals surface area contributed by atoms with Gasteiger partial charge in [-0.2, -0.15) is 0 Å². The lowest BCUT2D eigenvalue weighted by atomic mass is 9.39. The second kappa shape index (κ2) is 11.1. The Hall–Kier alpha value is -3.27. The first-order valence-electron chi connectivity index (χ1n) is 15.3. The summed E-state index contributed by atoms with van der Waals surface area (Å²) in [6.07, 6.45) is 10.1. The summed E-state index contributed by atoms with van der Waals surface area (Å²) in [5.74, 6) is -0.783. The lowest BCUT2D eigenvalue weighted by Crippen LogP contribution is -2.69. The molecule has 4 nitrogen and oxygen atoms in total. The molecule has 4 rings (SSSR count). The van der Waals surface area contributed by atoms with Crippen molar-refractivity contribution in [2.75, 3.05) is 0 Å². The van der Waals surface area contributed by atoms with Gasteiger partial charge in [-0.25, -0.2) is 0 Å². The Bertz CT molecular complexity index is 1420. The van der Waals surface area contributed by atoms with Crippen LogP contribution in [0.15, 0.2) is 89.3 Å². The van der Waals surface area contributed by atoms with E-state index in [2.05, 4.69) is 46.4 Å². The zero-order valence-electron chi connectivity index (χ0n) is 27.0. The van der Waals surface area contributed by atoms with Crippen LogP contribution in [0.5, 0.6) is 0 Å². The molecule has 4 unspecified atom stereocenters. The maximum atomic E-state index is 15.5. The molecule has 0 spiro atoms. The van der Waals surface area contributed by atoms with Crippen molar-refractivity contribution in [1.82, 2.24) is 0 Å². The molecule has 0 aromatic heterocycles. The van der Waals surface area contributed by atoms with Gasteiger partial charge >= 0.3 is 0 Å². The zero-order chi connectivity index (χ0) is 31.3. The fourth-order valence-electron chi connectivity index (χ4n) is 7.33. The molecule has 2 bridgehead atoms. The van der Waals surface area contributed by atoms with E-state index in [9.17, 15) is 4.79 Å². The predicted octanol–water partition coefficient (Wildman–Crippen LogP) is 8.95. The van der Waals surface area contributed by atoms with Crippen molar-refractivity contribution < 1.29 is 19.1 Å². The van der Waals surface area contributed by atoms with Gasteiger partial charge in [0.15, 0.2) is 22.8 Å². The van der Waals surface area contributed by atoms with Gasteiger partial charge in [-0.1, -0.05) is 79.6 Å². The van der Waals surface area contributed by atoms with Crippen LogP contribution in [0.3, 0.4) is 0 Å². The standard InChI is InChI=1S/C38H48O4/c1-24(2)16-18-28(26(5)6)22-37-23-29(19-17-25(3)4)36(9,10)38(34(37)41,31(39)27-14-12-11-13-15-27)33-30(32(37)40)20-21-35(7,8)42-33/h11-17,20-21,28-29H,5,18-19,22-23H2,1-4,6-10H3. The average molecular weight is 569 g/mol. The minimum atomic E-state index is -1.66. The van der Waals surface area contributed by atoms with Gasteiger partial charge in [0.1, 0.15) is 11.4 Å². The summed E-state index contributed by atoms with van der Waals surface area (Å²) in [7, 11) is 0. The van der Waals surface area contributed by atoms with Crippen LogP contribution in [0, 0.1) is 28.1 Å². The summed E-state index contributed by atoms with van der Waals surface area (Å²) in [5, 5.41) is 0. The number of carbonyl (C=O) groups excluding carboxylic acids is 3. The summed E-state index contributed by atoms with van der Waals surface area (Å²) >= 11 is 0. The summed E-state index contributed by atoms with van der Waals surface area (Å²) in [6, 6.07) is 9.05. The highest BCUT2D eigenvalue weighted by Gasteiger charge is 2.75. The minimum absolute atomic E-state index is 0.0882. The number of ether oxygens (including phenoxy) is 1. The molecule has 0 N–H and O–H groups in total. The van der Waals surface area contributed by atoms with E-state index in [0.717, 1.165) is 11.1 Å². The maximum Gasteiger partial charge on any atom is 0.184 e. The molecule has 42 heavy (non-hydrogen) atoms. The van der Waals surface area contributed by atoms with Crippen molar-refractivity contribution in [3.05, 3.63) is 94.8 Å². The summed E-state index contributed by atoms with van der Waals surface area (Å²) in [6.45, 7) is 22.3. The number of Topliss-reactive ketones (excluding diaryl/α,β-unsaturated/α-hetero) is 3. The van der Waals surface area contributed by atoms with Gasteiger partial charge in [-0.05, 0) is 104 Å². The van der Waals surface area contributed by atoms with Gasteiger partial charge in [0.2, 0.25) is 0 Å². The number of carbonyl (C=O) groups is 3. The Kier molecular flexibility index (Phi) is 8.36. The molecule has 0 radical (unpaired) electrons. The zero-order valence-corrected chi connectivity index (χ0v) is 27.0. The minimum Gasteiger partial charge on any atom is -0.486 e. The molecule has 1 fully saturated rings. The van der Waals surface area contributed by atoms with E-state index in [1.54, 1.807) is 12.1 Å². The summed E-state index contributed by atoms with van der Waals surface area (Å²) in [5.41, 5.74) is -0.549. The molecule has 224 valence electrons. The topological polar surface area (TPSA) is 60.4 Å². The van der Waals surface area contributed by atoms with Gasteiger partial charge in [0.25, 0.3) is 0 Å². The third-order valence-corrected chi connectivity index (χ3v) is 9.93. The van der Waals surface area contributed by atoms with Gasteiger partial charge in [-0.3, -0.25) is 14.4 Å². The van der Waals surface area contributed by atoms with Crippen molar-refractivity contribution in [2.45, 2.75) is 93.6 Å². The Morgan fingerprint density at radius 1 is 1.00 bits per heavy atom. The monoisotopic (exact) mass is 568 g/mol. The number of ketones is 3. The lowest BCUT2D eigenvalue weighted by molar-refractivity contribution is -0.168. The molecule has 1 heterocycles. The van der Waals surface area contributed by atoms with E-state index in [0.29, 0.717) is 36.8 Å². The Morgan fingerprint density at radius 3 is 2.19 bits per heavy atom. The third kappa shape index (κ3) is 5.01. The second-order valence-electron chi connectivity index (χ2n) is 14.4. The normalized spacial score (nSPS) is 27.9. The highest BCUT2D eigenvalue weighted by Crippen LogP contribution is 2.68. The maximum absolute atomic E-state index is 15.5. The molecule has 2 aliphatic carbocycles. The number of allylic oxidation sites excluding steroid dienone is 8. The van der Waals surface area contributed by atoms with Crippen molar-refractivity contribution >= 4 is 17.3 Å². The Morgan fingerprint density at radius 2 is 1.62 bits per heavy atom. The molecule has 1 aliphatic heterocycles. The van der Waals surface area contributed by atoms with Crippen molar-refractivity contribution in [3.8, 4) is 0 Å². The first-order valence-corrected chi connectivity index (χ1v) is 15.3. The summed E-state index contributed by atoms with van der Waals surface area (Å²) in [4.78, 5) is 45.4.